The first-order valence-corrected chi connectivity index (χ1v) is 6.39. The molecule has 0 spiro atoms. The molecule has 2 heterocycles. The van der Waals surface area contributed by atoms with E-state index in [1.54, 1.807) is 37.6 Å². The molecule has 7 nitrogen and oxygen atoms in total. The van der Waals surface area contributed by atoms with Gasteiger partial charge in [0.05, 0.1) is 17.5 Å². The minimum atomic E-state index is -0.249. The SMILES string of the molecule is Cn1nc(CC(=O)Nc2ncc[nH]2)c2ccccc2c1=O. The van der Waals surface area contributed by atoms with Crippen molar-refractivity contribution in [2.75, 3.05) is 5.32 Å². The molecule has 3 rings (SSSR count). The third-order valence-electron chi connectivity index (χ3n) is 3.12. The van der Waals surface area contributed by atoms with Crippen LogP contribution in [-0.2, 0) is 18.3 Å². The number of benzene rings is 1. The fraction of sp³-hybridized carbons (Fsp3) is 0.143. The van der Waals surface area contributed by atoms with E-state index in [-0.39, 0.29) is 17.9 Å². The Balaban J connectivity index is 1.95. The molecule has 2 N–H and O–H groups in total. The summed E-state index contributed by atoms with van der Waals surface area (Å²) in [6, 6.07) is 7.13. The number of imidazole rings is 1. The fourth-order valence-electron chi connectivity index (χ4n) is 2.17. The van der Waals surface area contributed by atoms with Crippen LogP contribution in [0.1, 0.15) is 5.69 Å². The largest absolute Gasteiger partial charge is 0.331 e. The molecule has 21 heavy (non-hydrogen) atoms. The van der Waals surface area contributed by atoms with Crippen molar-refractivity contribution in [1.82, 2.24) is 19.7 Å². The standard InChI is InChI=1S/C14H13N5O2/c1-19-13(21)10-5-3-2-4-9(10)11(18-19)8-12(20)17-14-15-6-7-16-14/h2-7H,8H2,1H3,(H2,15,16,17,20). The first-order valence-electron chi connectivity index (χ1n) is 6.39. The zero-order valence-corrected chi connectivity index (χ0v) is 11.3. The molecule has 7 heteroatoms. The monoisotopic (exact) mass is 283 g/mol. The Morgan fingerprint density at radius 1 is 1.33 bits per heavy atom. The van der Waals surface area contributed by atoms with E-state index in [4.69, 9.17) is 0 Å². The second kappa shape index (κ2) is 5.20. The summed E-state index contributed by atoms with van der Waals surface area (Å²) in [6.07, 6.45) is 3.24. The minimum Gasteiger partial charge on any atom is -0.331 e. The van der Waals surface area contributed by atoms with Gasteiger partial charge in [0, 0.05) is 24.8 Å². The summed E-state index contributed by atoms with van der Waals surface area (Å²) in [5, 5.41) is 8.06. The highest BCUT2D eigenvalue weighted by atomic mass is 16.2. The van der Waals surface area contributed by atoms with Crippen molar-refractivity contribution in [2.24, 2.45) is 7.05 Å². The van der Waals surface area contributed by atoms with E-state index in [0.717, 1.165) is 0 Å². The van der Waals surface area contributed by atoms with Crippen LogP contribution in [0.25, 0.3) is 10.8 Å². The number of carbonyl (C=O) groups excluding carboxylic acids is 1. The number of nitrogens with zero attached hydrogens (tertiary/aromatic N) is 3. The first-order chi connectivity index (χ1) is 10.1. The number of H-pyrrole nitrogens is 1. The number of rotatable bonds is 3. The lowest BCUT2D eigenvalue weighted by Gasteiger charge is -2.07. The van der Waals surface area contributed by atoms with E-state index in [2.05, 4.69) is 20.4 Å². The van der Waals surface area contributed by atoms with Crippen LogP contribution in [-0.4, -0.2) is 25.7 Å². The number of aromatic amines is 1. The van der Waals surface area contributed by atoms with Crippen LogP contribution in [0.4, 0.5) is 5.95 Å². The predicted molar refractivity (Wildman–Crippen MR) is 77.9 cm³/mol. The summed E-state index contributed by atoms with van der Waals surface area (Å²) in [4.78, 5) is 30.8. The van der Waals surface area contributed by atoms with Crippen LogP contribution >= 0.6 is 0 Å². The van der Waals surface area contributed by atoms with Gasteiger partial charge in [-0.05, 0) is 6.07 Å². The van der Waals surface area contributed by atoms with Crippen molar-refractivity contribution < 1.29 is 4.79 Å². The maximum atomic E-state index is 12.0. The molecule has 106 valence electrons. The van der Waals surface area contributed by atoms with Crippen LogP contribution in [0.2, 0.25) is 0 Å². The van der Waals surface area contributed by atoms with E-state index in [1.807, 2.05) is 6.07 Å². The molecule has 0 aliphatic carbocycles. The Bertz CT molecular complexity index is 851. The van der Waals surface area contributed by atoms with Crippen molar-refractivity contribution in [3.63, 3.8) is 0 Å². The second-order valence-corrected chi connectivity index (χ2v) is 4.58. The molecule has 0 saturated carbocycles. The maximum Gasteiger partial charge on any atom is 0.274 e. The second-order valence-electron chi connectivity index (χ2n) is 4.58. The molecule has 0 atom stereocenters. The number of nitrogens with one attached hydrogen (secondary N) is 2. The summed E-state index contributed by atoms with van der Waals surface area (Å²) in [6.45, 7) is 0. The number of anilines is 1. The smallest absolute Gasteiger partial charge is 0.274 e. The number of aryl methyl sites for hydroxylation is 1. The van der Waals surface area contributed by atoms with Crippen LogP contribution in [0.3, 0.4) is 0 Å². The van der Waals surface area contributed by atoms with Crippen LogP contribution in [0, 0.1) is 0 Å². The average molecular weight is 283 g/mol. The van der Waals surface area contributed by atoms with Gasteiger partial charge in [-0.25, -0.2) is 9.67 Å². The van der Waals surface area contributed by atoms with Crippen molar-refractivity contribution in [2.45, 2.75) is 6.42 Å². The van der Waals surface area contributed by atoms with E-state index in [1.165, 1.54) is 4.68 Å². The van der Waals surface area contributed by atoms with Gasteiger partial charge in [-0.3, -0.25) is 14.9 Å². The summed E-state index contributed by atoms with van der Waals surface area (Å²) in [5.41, 5.74) is 0.373. The molecule has 0 bridgehead atoms. The van der Waals surface area contributed by atoms with Gasteiger partial charge in [0.2, 0.25) is 11.9 Å². The molecule has 0 unspecified atom stereocenters. The third kappa shape index (κ3) is 2.53. The predicted octanol–water partition coefficient (Wildman–Crippen LogP) is 0.838. The van der Waals surface area contributed by atoms with E-state index < -0.39 is 0 Å². The van der Waals surface area contributed by atoms with Crippen molar-refractivity contribution in [1.29, 1.82) is 0 Å². The number of hydrogen-bond acceptors (Lipinski definition) is 4. The molecular formula is C14H13N5O2. The van der Waals surface area contributed by atoms with E-state index in [9.17, 15) is 9.59 Å². The average Bonchev–Trinajstić information content (AvgIpc) is 2.97. The van der Waals surface area contributed by atoms with Crippen molar-refractivity contribution in [3.8, 4) is 0 Å². The lowest BCUT2D eigenvalue weighted by molar-refractivity contribution is -0.115. The zero-order valence-electron chi connectivity index (χ0n) is 11.3. The normalized spacial score (nSPS) is 10.7. The minimum absolute atomic E-state index is 0.0648. The Labute approximate surface area is 119 Å². The molecule has 1 amide bonds. The summed E-state index contributed by atoms with van der Waals surface area (Å²) in [5.74, 6) is 0.135. The lowest BCUT2D eigenvalue weighted by Crippen LogP contribution is -2.24. The number of fused-ring (bicyclic) bond motifs is 1. The number of aromatic nitrogens is 4. The lowest BCUT2D eigenvalue weighted by atomic mass is 10.1. The fourth-order valence-corrected chi connectivity index (χ4v) is 2.17. The molecule has 0 aliphatic heterocycles. The van der Waals surface area contributed by atoms with E-state index in [0.29, 0.717) is 22.4 Å². The van der Waals surface area contributed by atoms with Crippen LogP contribution in [0.15, 0.2) is 41.5 Å². The first kappa shape index (κ1) is 13.0. The summed E-state index contributed by atoms with van der Waals surface area (Å²) in [7, 11) is 1.57. The maximum absolute atomic E-state index is 12.0. The molecular weight excluding hydrogens is 270 g/mol. The van der Waals surface area contributed by atoms with Gasteiger partial charge in [-0.2, -0.15) is 5.10 Å². The molecule has 0 fully saturated rings. The summed E-state index contributed by atoms with van der Waals surface area (Å²) < 4.78 is 1.25. The van der Waals surface area contributed by atoms with Gasteiger partial charge in [0.15, 0.2) is 0 Å². The van der Waals surface area contributed by atoms with Crippen LogP contribution in [0.5, 0.6) is 0 Å². The molecule has 2 aromatic heterocycles. The zero-order chi connectivity index (χ0) is 14.8. The Morgan fingerprint density at radius 3 is 2.81 bits per heavy atom. The van der Waals surface area contributed by atoms with Gasteiger partial charge in [-0.15, -0.1) is 0 Å². The summed E-state index contributed by atoms with van der Waals surface area (Å²) >= 11 is 0. The molecule has 3 aromatic rings. The highest BCUT2D eigenvalue weighted by Gasteiger charge is 2.12. The Kier molecular flexibility index (Phi) is 3.23. The van der Waals surface area contributed by atoms with Crippen molar-refractivity contribution >= 4 is 22.6 Å². The topological polar surface area (TPSA) is 92.7 Å². The number of hydrogen-bond donors (Lipinski definition) is 2. The van der Waals surface area contributed by atoms with Gasteiger partial charge >= 0.3 is 0 Å². The van der Waals surface area contributed by atoms with Gasteiger partial charge < -0.3 is 4.98 Å². The third-order valence-corrected chi connectivity index (χ3v) is 3.12. The molecule has 0 saturated heterocycles. The van der Waals surface area contributed by atoms with Crippen molar-refractivity contribution in [3.05, 3.63) is 52.7 Å². The quantitative estimate of drug-likeness (QED) is 0.745. The Hall–Kier alpha value is -2.96. The van der Waals surface area contributed by atoms with E-state index >= 15 is 0 Å². The Morgan fingerprint density at radius 2 is 2.10 bits per heavy atom. The highest BCUT2D eigenvalue weighted by molar-refractivity contribution is 5.94. The molecule has 0 aliphatic rings. The van der Waals surface area contributed by atoms with Gasteiger partial charge in [0.25, 0.3) is 5.56 Å². The van der Waals surface area contributed by atoms with Gasteiger partial charge in [0.1, 0.15) is 0 Å². The molecule has 0 radical (unpaired) electrons. The van der Waals surface area contributed by atoms with Crippen LogP contribution < -0.4 is 10.9 Å². The number of carbonyl (C=O) groups is 1. The number of amides is 1. The molecule has 1 aromatic carbocycles. The highest BCUT2D eigenvalue weighted by Crippen LogP contribution is 2.13. The van der Waals surface area contributed by atoms with Gasteiger partial charge in [-0.1, -0.05) is 18.2 Å².